The van der Waals surface area contributed by atoms with E-state index < -0.39 is 23.1 Å². The molecular weight excluding hydrogens is 308 g/mol. The van der Waals surface area contributed by atoms with Gasteiger partial charge in [0, 0.05) is 12.7 Å². The molecule has 0 aliphatic carbocycles. The zero-order chi connectivity index (χ0) is 13.3. The summed E-state index contributed by atoms with van der Waals surface area (Å²) in [6.45, 7) is 2.14. The van der Waals surface area contributed by atoms with E-state index in [-0.39, 0.29) is 10.2 Å². The minimum absolute atomic E-state index is 0.0151. The smallest absolute Gasteiger partial charge is 0.256 e. The number of ether oxygens (including phenoxy) is 1. The van der Waals surface area contributed by atoms with Gasteiger partial charge in [-0.15, -0.1) is 0 Å². The molecule has 1 saturated heterocycles. The molecule has 1 amide bonds. The summed E-state index contributed by atoms with van der Waals surface area (Å²) in [4.78, 5) is 11.9. The van der Waals surface area contributed by atoms with Crippen LogP contribution in [-0.2, 0) is 9.53 Å². The number of anilines is 1. The Morgan fingerprint density at radius 2 is 2.17 bits per heavy atom. The van der Waals surface area contributed by atoms with Crippen molar-refractivity contribution >= 4 is 27.5 Å². The Labute approximate surface area is 112 Å². The average Bonchev–Trinajstić information content (AvgIpc) is 2.74. The zero-order valence-electron chi connectivity index (χ0n) is 9.73. The Balaban J connectivity index is 2.19. The van der Waals surface area contributed by atoms with Crippen molar-refractivity contribution in [2.45, 2.75) is 25.4 Å². The van der Waals surface area contributed by atoms with Crippen LogP contribution in [-0.4, -0.2) is 18.1 Å². The molecule has 1 N–H and O–H groups in total. The Bertz CT molecular complexity index is 487. The largest absolute Gasteiger partial charge is 0.365 e. The van der Waals surface area contributed by atoms with Crippen molar-refractivity contribution in [3.05, 3.63) is 28.2 Å². The van der Waals surface area contributed by atoms with Crippen molar-refractivity contribution in [2.75, 3.05) is 11.9 Å². The Kier molecular flexibility index (Phi) is 3.68. The van der Waals surface area contributed by atoms with Crippen LogP contribution in [0.4, 0.5) is 14.5 Å². The summed E-state index contributed by atoms with van der Waals surface area (Å²) in [7, 11) is 0. The molecular formula is C12H12BrF2NO2. The highest BCUT2D eigenvalue weighted by atomic mass is 79.9. The lowest BCUT2D eigenvalue weighted by molar-refractivity contribution is -0.133. The Hall–Kier alpha value is -1.01. The standard InChI is InChI=1S/C12H12BrF2NO2/c1-12(3-2-4-18-12)11(17)16-10-6-8(14)7(13)5-9(10)15/h5-6H,2-4H2,1H3,(H,16,17). The number of carbonyl (C=O) groups excluding carboxylic acids is 1. The van der Waals surface area contributed by atoms with Gasteiger partial charge in [0.15, 0.2) is 0 Å². The number of carbonyl (C=O) groups is 1. The highest BCUT2D eigenvalue weighted by Crippen LogP contribution is 2.28. The van der Waals surface area contributed by atoms with Gasteiger partial charge in [-0.05, 0) is 41.8 Å². The van der Waals surface area contributed by atoms with Gasteiger partial charge in [0.1, 0.15) is 17.2 Å². The van der Waals surface area contributed by atoms with Crippen LogP contribution >= 0.6 is 15.9 Å². The monoisotopic (exact) mass is 319 g/mol. The first kappa shape index (κ1) is 13.4. The minimum Gasteiger partial charge on any atom is -0.365 e. The van der Waals surface area contributed by atoms with Crippen molar-refractivity contribution < 1.29 is 18.3 Å². The van der Waals surface area contributed by atoms with E-state index in [4.69, 9.17) is 4.74 Å². The molecule has 1 fully saturated rings. The van der Waals surface area contributed by atoms with Gasteiger partial charge in [0.2, 0.25) is 0 Å². The second kappa shape index (κ2) is 4.93. The fraction of sp³-hybridized carbons (Fsp3) is 0.417. The van der Waals surface area contributed by atoms with Gasteiger partial charge < -0.3 is 10.1 Å². The molecule has 3 nitrogen and oxygen atoms in total. The Morgan fingerprint density at radius 1 is 1.44 bits per heavy atom. The number of halogens is 3. The van der Waals surface area contributed by atoms with E-state index in [9.17, 15) is 13.6 Å². The average molecular weight is 320 g/mol. The van der Waals surface area contributed by atoms with Gasteiger partial charge in [-0.1, -0.05) is 0 Å². The summed E-state index contributed by atoms with van der Waals surface area (Å²) in [5, 5.41) is 2.36. The van der Waals surface area contributed by atoms with Crippen LogP contribution in [0, 0.1) is 11.6 Å². The predicted molar refractivity (Wildman–Crippen MR) is 66.3 cm³/mol. The number of nitrogens with one attached hydrogen (secondary N) is 1. The highest BCUT2D eigenvalue weighted by molar-refractivity contribution is 9.10. The third-order valence-corrected chi connectivity index (χ3v) is 3.56. The number of hydrogen-bond acceptors (Lipinski definition) is 2. The predicted octanol–water partition coefficient (Wildman–Crippen LogP) is 3.23. The molecule has 0 aromatic heterocycles. The normalized spacial score (nSPS) is 23.1. The van der Waals surface area contributed by atoms with E-state index in [1.54, 1.807) is 6.92 Å². The molecule has 1 heterocycles. The van der Waals surface area contributed by atoms with Gasteiger partial charge in [0.05, 0.1) is 10.2 Å². The first-order chi connectivity index (χ1) is 8.42. The fourth-order valence-electron chi connectivity index (χ4n) is 1.83. The van der Waals surface area contributed by atoms with Crippen LogP contribution in [0.15, 0.2) is 16.6 Å². The van der Waals surface area contributed by atoms with Gasteiger partial charge in [0.25, 0.3) is 5.91 Å². The maximum atomic E-state index is 13.6. The van der Waals surface area contributed by atoms with Crippen molar-refractivity contribution in [1.29, 1.82) is 0 Å². The summed E-state index contributed by atoms with van der Waals surface area (Å²) in [6.07, 6.45) is 1.35. The summed E-state index contributed by atoms with van der Waals surface area (Å²) < 4.78 is 32.2. The molecule has 1 aliphatic rings. The molecule has 0 spiro atoms. The third kappa shape index (κ3) is 2.54. The second-order valence-corrected chi connectivity index (χ2v) is 5.24. The van der Waals surface area contributed by atoms with Gasteiger partial charge in [-0.3, -0.25) is 4.79 Å². The molecule has 1 aliphatic heterocycles. The van der Waals surface area contributed by atoms with Crippen LogP contribution in [0.2, 0.25) is 0 Å². The van der Waals surface area contributed by atoms with Crippen molar-refractivity contribution in [1.82, 2.24) is 0 Å². The summed E-state index contributed by atoms with van der Waals surface area (Å²) in [5.41, 5.74) is -1.15. The molecule has 98 valence electrons. The van der Waals surface area contributed by atoms with Gasteiger partial charge >= 0.3 is 0 Å². The lowest BCUT2D eigenvalue weighted by Gasteiger charge is -2.22. The SMILES string of the molecule is CC1(C(=O)Nc2cc(F)c(Br)cc2F)CCCO1. The number of rotatable bonds is 2. The lowest BCUT2D eigenvalue weighted by atomic mass is 10.0. The third-order valence-electron chi connectivity index (χ3n) is 2.96. The summed E-state index contributed by atoms with van der Waals surface area (Å²) >= 11 is 2.87. The molecule has 1 atom stereocenters. The van der Waals surface area contributed by atoms with E-state index in [0.717, 1.165) is 18.6 Å². The first-order valence-corrected chi connectivity index (χ1v) is 6.32. The van der Waals surface area contributed by atoms with Crippen LogP contribution in [0.25, 0.3) is 0 Å². The maximum absolute atomic E-state index is 13.6. The van der Waals surface area contributed by atoms with E-state index in [1.807, 2.05) is 0 Å². The van der Waals surface area contributed by atoms with Crippen molar-refractivity contribution in [3.63, 3.8) is 0 Å². The highest BCUT2D eigenvalue weighted by Gasteiger charge is 2.38. The van der Waals surface area contributed by atoms with E-state index >= 15 is 0 Å². The van der Waals surface area contributed by atoms with Crippen LogP contribution in [0.3, 0.4) is 0 Å². The Morgan fingerprint density at radius 3 is 2.78 bits per heavy atom. The molecule has 1 unspecified atom stereocenters. The van der Waals surface area contributed by atoms with E-state index in [2.05, 4.69) is 21.2 Å². The van der Waals surface area contributed by atoms with E-state index in [1.165, 1.54) is 0 Å². The van der Waals surface area contributed by atoms with Crippen LogP contribution in [0.1, 0.15) is 19.8 Å². The lowest BCUT2D eigenvalue weighted by Crippen LogP contribution is -2.39. The molecule has 0 bridgehead atoms. The van der Waals surface area contributed by atoms with Gasteiger partial charge in [-0.25, -0.2) is 8.78 Å². The molecule has 0 saturated carbocycles. The summed E-state index contributed by atoms with van der Waals surface area (Å²) in [5.74, 6) is -1.79. The van der Waals surface area contributed by atoms with E-state index in [0.29, 0.717) is 13.0 Å². The van der Waals surface area contributed by atoms with Gasteiger partial charge in [-0.2, -0.15) is 0 Å². The van der Waals surface area contributed by atoms with Crippen LogP contribution < -0.4 is 5.32 Å². The van der Waals surface area contributed by atoms with Crippen LogP contribution in [0.5, 0.6) is 0 Å². The number of amides is 1. The molecule has 18 heavy (non-hydrogen) atoms. The fourth-order valence-corrected chi connectivity index (χ4v) is 2.15. The van der Waals surface area contributed by atoms with Crippen molar-refractivity contribution in [2.24, 2.45) is 0 Å². The summed E-state index contributed by atoms with van der Waals surface area (Å²) in [6, 6.07) is 1.92. The molecule has 0 radical (unpaired) electrons. The van der Waals surface area contributed by atoms with Crippen molar-refractivity contribution in [3.8, 4) is 0 Å². The first-order valence-electron chi connectivity index (χ1n) is 5.52. The topological polar surface area (TPSA) is 38.3 Å². The quantitative estimate of drug-likeness (QED) is 0.850. The molecule has 2 rings (SSSR count). The number of hydrogen-bond donors (Lipinski definition) is 1. The zero-order valence-corrected chi connectivity index (χ0v) is 11.3. The molecule has 6 heteroatoms. The molecule has 1 aromatic rings. The second-order valence-electron chi connectivity index (χ2n) is 4.38. The number of benzene rings is 1. The maximum Gasteiger partial charge on any atom is 0.256 e. The molecule has 1 aromatic carbocycles. The minimum atomic E-state index is -0.962.